The average molecular weight is 399 g/mol. The number of halogens is 1. The minimum Gasteiger partial charge on any atom is -0.507 e. The third kappa shape index (κ3) is 4.14. The van der Waals surface area contributed by atoms with Crippen molar-refractivity contribution in [3.05, 3.63) is 71.0 Å². The van der Waals surface area contributed by atoms with Crippen LogP contribution in [0.4, 0.5) is 4.39 Å². The van der Waals surface area contributed by atoms with Crippen molar-refractivity contribution in [2.45, 2.75) is 13.0 Å². The minimum absolute atomic E-state index is 0.0399. The van der Waals surface area contributed by atoms with Gasteiger partial charge in [0.25, 0.3) is 11.7 Å². The lowest BCUT2D eigenvalue weighted by Gasteiger charge is -2.25. The molecule has 1 N–H and O–H groups in total. The Balaban J connectivity index is 2.09. The Bertz CT molecular complexity index is 921. The smallest absolute Gasteiger partial charge is 0.295 e. The van der Waals surface area contributed by atoms with Crippen molar-refractivity contribution in [3.8, 4) is 5.75 Å². The predicted octanol–water partition coefficient (Wildman–Crippen LogP) is 3.29. The Morgan fingerprint density at radius 1 is 1.10 bits per heavy atom. The molecule has 0 aromatic heterocycles. The molecule has 0 radical (unpaired) electrons. The number of methoxy groups -OCH3 is 1. The zero-order chi connectivity index (χ0) is 21.0. The van der Waals surface area contributed by atoms with Crippen molar-refractivity contribution in [2.24, 2.45) is 0 Å². The summed E-state index contributed by atoms with van der Waals surface area (Å²) in [4.78, 5) is 26.7. The third-order valence-electron chi connectivity index (χ3n) is 4.70. The maximum Gasteiger partial charge on any atom is 0.295 e. The van der Waals surface area contributed by atoms with Gasteiger partial charge in [-0.05, 0) is 48.9 Å². The van der Waals surface area contributed by atoms with Crippen LogP contribution in [0, 0.1) is 5.82 Å². The van der Waals surface area contributed by atoms with Crippen LogP contribution in [-0.4, -0.2) is 48.6 Å². The first-order valence-corrected chi connectivity index (χ1v) is 9.24. The van der Waals surface area contributed by atoms with Crippen LogP contribution in [0.25, 0.3) is 5.76 Å². The lowest BCUT2D eigenvalue weighted by Crippen LogP contribution is -2.32. The van der Waals surface area contributed by atoms with Gasteiger partial charge in [0.05, 0.1) is 24.8 Å². The lowest BCUT2D eigenvalue weighted by molar-refractivity contribution is -0.140. The largest absolute Gasteiger partial charge is 0.507 e. The lowest BCUT2D eigenvalue weighted by atomic mass is 9.95. The number of nitrogens with zero attached hydrogens (tertiary/aromatic N) is 1. The van der Waals surface area contributed by atoms with E-state index in [1.54, 1.807) is 24.3 Å². The van der Waals surface area contributed by atoms with E-state index in [0.717, 1.165) is 0 Å². The summed E-state index contributed by atoms with van der Waals surface area (Å²) in [6.07, 6.45) is 0. The number of hydrogen-bond donors (Lipinski definition) is 1. The van der Waals surface area contributed by atoms with Gasteiger partial charge in [0.1, 0.15) is 17.3 Å². The van der Waals surface area contributed by atoms with E-state index >= 15 is 0 Å². The number of benzene rings is 2. The monoisotopic (exact) mass is 399 g/mol. The van der Waals surface area contributed by atoms with E-state index in [4.69, 9.17) is 9.47 Å². The number of Topliss-reactive ketones (excluding diaryl/α,β-unsaturated/α-hetero) is 1. The van der Waals surface area contributed by atoms with Gasteiger partial charge in [0.15, 0.2) is 0 Å². The fourth-order valence-corrected chi connectivity index (χ4v) is 3.32. The fraction of sp³-hybridized carbons (Fsp3) is 0.273. The summed E-state index contributed by atoms with van der Waals surface area (Å²) in [5.74, 6) is -1.62. The summed E-state index contributed by atoms with van der Waals surface area (Å²) < 4.78 is 23.8. The normalized spacial score (nSPS) is 18.3. The molecule has 2 aromatic rings. The predicted molar refractivity (Wildman–Crippen MR) is 105 cm³/mol. The van der Waals surface area contributed by atoms with E-state index < -0.39 is 23.5 Å². The number of rotatable bonds is 7. The van der Waals surface area contributed by atoms with Crippen LogP contribution in [0.2, 0.25) is 0 Å². The maximum absolute atomic E-state index is 13.4. The van der Waals surface area contributed by atoms with E-state index in [2.05, 4.69) is 0 Å². The fourth-order valence-electron chi connectivity index (χ4n) is 3.32. The van der Waals surface area contributed by atoms with Crippen LogP contribution < -0.4 is 4.74 Å². The number of hydrogen-bond acceptors (Lipinski definition) is 5. The van der Waals surface area contributed by atoms with Gasteiger partial charge in [0.2, 0.25) is 0 Å². The van der Waals surface area contributed by atoms with E-state index in [1.165, 1.54) is 36.3 Å². The molecule has 1 amide bonds. The second kappa shape index (κ2) is 8.87. The number of aliphatic hydroxyl groups is 1. The SMILES string of the molecule is CCOc1ccc(/C(O)=C2\C(=O)C(=O)N(CCOC)C2c2ccc(F)cc2)cc1. The summed E-state index contributed by atoms with van der Waals surface area (Å²) in [6.45, 7) is 2.73. The zero-order valence-electron chi connectivity index (χ0n) is 16.2. The summed E-state index contributed by atoms with van der Waals surface area (Å²) >= 11 is 0. The number of carbonyl (C=O) groups is 2. The van der Waals surface area contributed by atoms with Gasteiger partial charge in [-0.25, -0.2) is 4.39 Å². The molecule has 3 rings (SSSR count). The molecule has 0 spiro atoms. The number of carbonyl (C=O) groups excluding carboxylic acids is 2. The van der Waals surface area contributed by atoms with Crippen molar-refractivity contribution >= 4 is 17.4 Å². The van der Waals surface area contributed by atoms with Gasteiger partial charge in [-0.3, -0.25) is 9.59 Å². The number of ether oxygens (including phenoxy) is 2. The Morgan fingerprint density at radius 2 is 1.76 bits per heavy atom. The molecule has 1 atom stereocenters. The molecule has 0 saturated carbocycles. The quantitative estimate of drug-likeness (QED) is 0.439. The molecule has 2 aromatic carbocycles. The molecule has 0 bridgehead atoms. The van der Waals surface area contributed by atoms with Crippen LogP contribution in [0.15, 0.2) is 54.1 Å². The molecular weight excluding hydrogens is 377 g/mol. The van der Waals surface area contributed by atoms with Crippen LogP contribution in [0.1, 0.15) is 24.1 Å². The van der Waals surface area contributed by atoms with Crippen molar-refractivity contribution in [1.29, 1.82) is 0 Å². The highest BCUT2D eigenvalue weighted by Crippen LogP contribution is 2.39. The van der Waals surface area contributed by atoms with Gasteiger partial charge < -0.3 is 19.5 Å². The molecule has 7 heteroatoms. The van der Waals surface area contributed by atoms with E-state index in [9.17, 15) is 19.1 Å². The van der Waals surface area contributed by atoms with Crippen LogP contribution >= 0.6 is 0 Å². The Labute approximate surface area is 168 Å². The molecular formula is C22H22FNO5. The van der Waals surface area contributed by atoms with Gasteiger partial charge in [0, 0.05) is 19.2 Å². The van der Waals surface area contributed by atoms with Crippen LogP contribution in [-0.2, 0) is 14.3 Å². The molecule has 1 fully saturated rings. The van der Waals surface area contributed by atoms with Crippen molar-refractivity contribution < 1.29 is 28.6 Å². The molecule has 6 nitrogen and oxygen atoms in total. The highest BCUT2D eigenvalue weighted by Gasteiger charge is 2.45. The standard InChI is InChI=1S/C22H22FNO5/c1-3-29-17-10-6-15(7-11-17)20(25)18-19(14-4-8-16(23)9-5-14)24(12-13-28-2)22(27)21(18)26/h4-11,19,25H,3,12-13H2,1-2H3/b20-18+. The topological polar surface area (TPSA) is 76.1 Å². The zero-order valence-corrected chi connectivity index (χ0v) is 16.2. The van der Waals surface area contributed by atoms with Crippen molar-refractivity contribution in [2.75, 3.05) is 26.9 Å². The highest BCUT2D eigenvalue weighted by atomic mass is 19.1. The molecule has 1 heterocycles. The molecule has 1 aliphatic rings. The molecule has 0 aliphatic carbocycles. The first-order valence-electron chi connectivity index (χ1n) is 9.24. The van der Waals surface area contributed by atoms with Gasteiger partial charge >= 0.3 is 0 Å². The van der Waals surface area contributed by atoms with Crippen molar-refractivity contribution in [3.63, 3.8) is 0 Å². The number of aliphatic hydroxyl groups excluding tert-OH is 1. The van der Waals surface area contributed by atoms with E-state index in [1.807, 2.05) is 6.92 Å². The summed E-state index contributed by atoms with van der Waals surface area (Å²) in [6, 6.07) is 11.2. The summed E-state index contributed by atoms with van der Waals surface area (Å²) in [7, 11) is 1.49. The number of likely N-dealkylation sites (tertiary alicyclic amines) is 1. The second-order valence-corrected chi connectivity index (χ2v) is 6.49. The van der Waals surface area contributed by atoms with Crippen molar-refractivity contribution in [1.82, 2.24) is 4.90 Å². The molecule has 1 aliphatic heterocycles. The molecule has 152 valence electrons. The number of ketones is 1. The Morgan fingerprint density at radius 3 is 2.34 bits per heavy atom. The average Bonchev–Trinajstić information content (AvgIpc) is 2.98. The van der Waals surface area contributed by atoms with E-state index in [-0.39, 0.29) is 24.5 Å². The van der Waals surface area contributed by atoms with Gasteiger partial charge in [-0.2, -0.15) is 0 Å². The number of amides is 1. The molecule has 1 unspecified atom stereocenters. The van der Waals surface area contributed by atoms with Gasteiger partial charge in [-0.15, -0.1) is 0 Å². The van der Waals surface area contributed by atoms with E-state index in [0.29, 0.717) is 23.5 Å². The van der Waals surface area contributed by atoms with Crippen LogP contribution in [0.3, 0.4) is 0 Å². The third-order valence-corrected chi connectivity index (χ3v) is 4.70. The Hall–Kier alpha value is -3.19. The first-order chi connectivity index (χ1) is 14.0. The first kappa shape index (κ1) is 20.5. The minimum atomic E-state index is -0.836. The highest BCUT2D eigenvalue weighted by molar-refractivity contribution is 6.46. The summed E-state index contributed by atoms with van der Waals surface area (Å²) in [5, 5.41) is 10.9. The van der Waals surface area contributed by atoms with Gasteiger partial charge in [-0.1, -0.05) is 12.1 Å². The van der Waals surface area contributed by atoms with Crippen LogP contribution in [0.5, 0.6) is 5.75 Å². The maximum atomic E-state index is 13.4. The second-order valence-electron chi connectivity index (χ2n) is 6.49. The molecule has 1 saturated heterocycles. The summed E-state index contributed by atoms with van der Waals surface area (Å²) in [5.41, 5.74) is 0.862. The molecule has 29 heavy (non-hydrogen) atoms. The Kier molecular flexibility index (Phi) is 6.29.